The second kappa shape index (κ2) is 27.3. The average Bonchev–Trinajstić information content (AvgIpc) is 3.33. The van der Waals surface area contributed by atoms with E-state index in [9.17, 15) is 39.0 Å². The number of cyclic esters (lactones) is 1. The molecule has 3 fully saturated rings. The third-order valence-electron chi connectivity index (χ3n) is 15.2. The highest BCUT2D eigenvalue weighted by atomic mass is 16.6. The number of aliphatic hydroxyl groups excluding tert-OH is 1. The highest BCUT2D eigenvalue weighted by molar-refractivity contribution is 6.39. The quantitative estimate of drug-likeness (QED) is 0.180. The molecule has 15 nitrogen and oxygen atoms in total. The number of ketones is 3. The van der Waals surface area contributed by atoms with E-state index in [1.54, 1.807) is 54.9 Å². The maximum atomic E-state index is 14.5. The second-order valence-electron chi connectivity index (χ2n) is 21.2. The molecule has 2 bridgehead atoms. The van der Waals surface area contributed by atoms with Gasteiger partial charge in [-0.1, -0.05) is 84.9 Å². The van der Waals surface area contributed by atoms with Gasteiger partial charge < -0.3 is 43.5 Å². The van der Waals surface area contributed by atoms with Crippen molar-refractivity contribution in [1.29, 1.82) is 0 Å². The van der Waals surface area contributed by atoms with Gasteiger partial charge in [0.2, 0.25) is 5.79 Å². The first kappa shape index (κ1) is 58.7. The van der Waals surface area contributed by atoms with Crippen LogP contribution in [-0.2, 0) is 57.2 Å². The molecule has 3 aliphatic heterocycles. The van der Waals surface area contributed by atoms with Gasteiger partial charge in [-0.05, 0) is 107 Å². The Balaban J connectivity index is 1.70. The number of nitrogens with zero attached hydrogens (tertiary/aromatic N) is 1. The van der Waals surface area contributed by atoms with E-state index in [0.29, 0.717) is 69.8 Å². The highest BCUT2D eigenvalue weighted by Gasteiger charge is 2.53. The number of piperidine rings is 1. The number of amides is 1. The summed E-state index contributed by atoms with van der Waals surface area (Å²) in [6.45, 7) is 16.3. The number of carbonyl (C=O) groups is 6. The van der Waals surface area contributed by atoms with Crippen LogP contribution in [0.25, 0.3) is 0 Å². The number of fused-ring (bicyclic) bond motifs is 3. The van der Waals surface area contributed by atoms with Gasteiger partial charge in [0.05, 0.1) is 30.3 Å². The van der Waals surface area contributed by atoms with E-state index in [-0.39, 0.29) is 66.7 Å². The molecular weight excluding hydrogens is 899 g/mol. The van der Waals surface area contributed by atoms with Gasteiger partial charge in [-0.25, -0.2) is 4.79 Å². The van der Waals surface area contributed by atoms with Gasteiger partial charge in [-0.3, -0.25) is 24.0 Å². The van der Waals surface area contributed by atoms with Gasteiger partial charge in [-0.15, -0.1) is 0 Å². The van der Waals surface area contributed by atoms with Gasteiger partial charge in [0, 0.05) is 58.5 Å². The SMILES string of the molecule is CO[C@H]1C[C@@H]2CC[C@@H](C)[C@@](O)(O2)C(=O)C(=O)N2CCCC[C@H]2C(=O)O[C@H]([C@H](C)C[C@@H]2CC[C@@H](OC(=O)C(C)C)[C@H](OC)C2)CC(=O)C(C)=CC(C)[C@@H](O)[C@@H](OC)C(=O)[C@H](C)C[C@H](C)C=CC=CC=C1C. The lowest BCUT2D eigenvalue weighted by Gasteiger charge is -2.42. The monoisotopic (exact) mass is 984 g/mol. The maximum absolute atomic E-state index is 14.5. The number of rotatable bonds is 8. The Morgan fingerprint density at radius 1 is 0.857 bits per heavy atom. The molecular formula is C55H85NO14. The third kappa shape index (κ3) is 15.6. The molecule has 394 valence electrons. The van der Waals surface area contributed by atoms with Crippen molar-refractivity contribution in [2.45, 2.75) is 194 Å². The van der Waals surface area contributed by atoms with Gasteiger partial charge in [0.25, 0.3) is 11.7 Å². The summed E-state index contributed by atoms with van der Waals surface area (Å²) in [6.07, 6.45) is 11.2. The Labute approximate surface area is 417 Å². The van der Waals surface area contributed by atoms with Crippen LogP contribution in [-0.4, -0.2) is 133 Å². The Morgan fingerprint density at radius 2 is 1.57 bits per heavy atom. The van der Waals surface area contributed by atoms with Crippen LogP contribution in [0.15, 0.2) is 47.6 Å². The zero-order chi connectivity index (χ0) is 52.0. The Morgan fingerprint density at radius 3 is 2.23 bits per heavy atom. The minimum Gasteiger partial charge on any atom is -0.460 e. The fourth-order valence-electron chi connectivity index (χ4n) is 10.5. The molecule has 70 heavy (non-hydrogen) atoms. The Kier molecular flexibility index (Phi) is 22.9. The first-order valence-corrected chi connectivity index (χ1v) is 25.8. The molecule has 0 aromatic carbocycles. The zero-order valence-electron chi connectivity index (χ0n) is 44.1. The van der Waals surface area contributed by atoms with E-state index < -0.39 is 83.9 Å². The first-order valence-electron chi connectivity index (χ1n) is 25.8. The normalized spacial score (nSPS) is 36.0. The van der Waals surface area contributed by atoms with Gasteiger partial charge in [0.15, 0.2) is 11.6 Å². The van der Waals surface area contributed by atoms with Crippen molar-refractivity contribution in [3.8, 4) is 0 Å². The van der Waals surface area contributed by atoms with Gasteiger partial charge >= 0.3 is 11.9 Å². The molecule has 0 aromatic rings. The summed E-state index contributed by atoms with van der Waals surface area (Å²) in [4.78, 5) is 84.8. The molecule has 0 radical (unpaired) electrons. The van der Waals surface area contributed by atoms with E-state index in [1.165, 1.54) is 12.0 Å². The fraction of sp³-hybridized carbons (Fsp3) is 0.745. The number of aliphatic hydroxyl groups is 2. The average molecular weight is 984 g/mol. The molecule has 4 aliphatic rings. The summed E-state index contributed by atoms with van der Waals surface area (Å²) in [5.74, 6) is -8.72. The molecule has 1 saturated carbocycles. The zero-order valence-corrected chi connectivity index (χ0v) is 44.1. The molecule has 4 rings (SSSR count). The fourth-order valence-corrected chi connectivity index (χ4v) is 10.5. The lowest BCUT2D eigenvalue weighted by molar-refractivity contribution is -0.265. The van der Waals surface area contributed by atoms with Crippen LogP contribution >= 0.6 is 0 Å². The van der Waals surface area contributed by atoms with Crippen LogP contribution in [0.1, 0.15) is 139 Å². The van der Waals surface area contributed by atoms with Crippen molar-refractivity contribution >= 4 is 35.2 Å². The number of carbonyl (C=O) groups excluding carboxylic acids is 6. The standard InChI is InChI=1S/C55H85NO14/c1-32(2)53(62)68-44-24-22-40(29-47(44)66-11)28-36(6)46-31-43(57)35(5)27-38(8)49(59)50(67-12)48(58)37(7)26-33(3)18-14-13-15-19-34(4)45(65-10)30-41-23-21-39(9)55(64,70-41)51(60)52(61)56-25-17-16-20-42(56)54(63)69-46/h13-15,18-19,27,32-33,36-42,44-47,49-50,59,64H,16-17,20-26,28-31H2,1-12H3/t33-,36-,37-,38?,39-,40+,41+,42+,44-,45+,46+,47-,49-,50+,55-/m1/s1. The molecule has 2 N–H and O–H groups in total. The van der Waals surface area contributed by atoms with Crippen LogP contribution in [0.5, 0.6) is 0 Å². The lowest BCUT2D eigenvalue weighted by atomic mass is 9.78. The largest absolute Gasteiger partial charge is 0.460 e. The van der Waals surface area contributed by atoms with E-state index in [2.05, 4.69) is 0 Å². The second-order valence-corrected chi connectivity index (χ2v) is 21.2. The Bertz CT molecular complexity index is 1920. The van der Waals surface area contributed by atoms with Crippen molar-refractivity contribution in [3.63, 3.8) is 0 Å². The summed E-state index contributed by atoms with van der Waals surface area (Å²) < 4.78 is 35.5. The summed E-state index contributed by atoms with van der Waals surface area (Å²) in [5, 5.41) is 23.5. The lowest BCUT2D eigenvalue weighted by Crippen LogP contribution is -2.61. The van der Waals surface area contributed by atoms with Crippen molar-refractivity contribution in [2.75, 3.05) is 27.9 Å². The molecule has 15 atom stereocenters. The number of ether oxygens (including phenoxy) is 6. The molecule has 0 aromatic heterocycles. The van der Waals surface area contributed by atoms with E-state index in [1.807, 2.05) is 58.1 Å². The summed E-state index contributed by atoms with van der Waals surface area (Å²) in [7, 11) is 4.54. The summed E-state index contributed by atoms with van der Waals surface area (Å²) >= 11 is 0. The molecule has 15 heteroatoms. The number of allylic oxidation sites excluding steroid dienone is 6. The van der Waals surface area contributed by atoms with Gasteiger partial charge in [-0.2, -0.15) is 0 Å². The maximum Gasteiger partial charge on any atom is 0.329 e. The number of hydrogen-bond acceptors (Lipinski definition) is 14. The molecule has 3 heterocycles. The van der Waals surface area contributed by atoms with Crippen LogP contribution in [0.3, 0.4) is 0 Å². The third-order valence-corrected chi connectivity index (χ3v) is 15.2. The van der Waals surface area contributed by atoms with Crippen molar-refractivity contribution in [3.05, 3.63) is 47.6 Å². The smallest absolute Gasteiger partial charge is 0.329 e. The molecule has 1 aliphatic carbocycles. The number of hydrogen-bond donors (Lipinski definition) is 2. The first-order chi connectivity index (χ1) is 33.1. The van der Waals surface area contributed by atoms with E-state index in [0.717, 1.165) is 5.57 Å². The van der Waals surface area contributed by atoms with Gasteiger partial charge in [0.1, 0.15) is 24.4 Å². The number of esters is 2. The Hall–Kier alpha value is -3.86. The van der Waals surface area contributed by atoms with E-state index >= 15 is 0 Å². The molecule has 1 unspecified atom stereocenters. The molecule has 2 saturated heterocycles. The van der Waals surface area contributed by atoms with Crippen LogP contribution in [0, 0.1) is 41.4 Å². The van der Waals surface area contributed by atoms with Crippen LogP contribution in [0.4, 0.5) is 0 Å². The van der Waals surface area contributed by atoms with Crippen molar-refractivity contribution in [2.24, 2.45) is 41.4 Å². The summed E-state index contributed by atoms with van der Waals surface area (Å²) in [6, 6.07) is -1.16. The van der Waals surface area contributed by atoms with Crippen LogP contribution in [0.2, 0.25) is 0 Å². The minimum absolute atomic E-state index is 0.0125. The molecule has 1 amide bonds. The number of methoxy groups -OCH3 is 3. The highest BCUT2D eigenvalue weighted by Crippen LogP contribution is 2.38. The predicted octanol–water partition coefficient (Wildman–Crippen LogP) is 7.39. The summed E-state index contributed by atoms with van der Waals surface area (Å²) in [5.41, 5.74) is 1.17. The predicted molar refractivity (Wildman–Crippen MR) is 264 cm³/mol. The van der Waals surface area contributed by atoms with Crippen LogP contribution < -0.4 is 0 Å². The van der Waals surface area contributed by atoms with E-state index in [4.69, 9.17) is 28.4 Å². The molecule has 0 spiro atoms. The minimum atomic E-state index is -2.44. The number of Topliss-reactive ketones (excluding diaryl/α,β-unsaturated/α-hetero) is 3. The topological polar surface area (TPSA) is 201 Å². The van der Waals surface area contributed by atoms with Crippen molar-refractivity contribution < 1.29 is 67.4 Å². The van der Waals surface area contributed by atoms with Crippen molar-refractivity contribution in [1.82, 2.24) is 4.90 Å².